The third-order valence-corrected chi connectivity index (χ3v) is 5.97. The Kier molecular flexibility index (Phi) is 4.86. The van der Waals surface area contributed by atoms with E-state index in [1.165, 1.54) is 24.2 Å². The molecule has 0 aliphatic carbocycles. The summed E-state index contributed by atoms with van der Waals surface area (Å²) in [6, 6.07) is 0. The monoisotopic (exact) mass is 472 g/mol. The lowest BCUT2D eigenvalue weighted by molar-refractivity contribution is -0.143. The second-order valence-electron chi connectivity index (χ2n) is 8.44. The van der Waals surface area contributed by atoms with Crippen LogP contribution in [0.25, 0.3) is 11.2 Å². The van der Waals surface area contributed by atoms with Gasteiger partial charge in [-0.3, -0.25) is 0 Å². The van der Waals surface area contributed by atoms with E-state index in [0.29, 0.717) is 43.9 Å². The number of aromatic nitrogens is 6. The Morgan fingerprint density at radius 1 is 1.06 bits per heavy atom. The first-order chi connectivity index (χ1) is 15.5. The van der Waals surface area contributed by atoms with Gasteiger partial charge in [0, 0.05) is 31.6 Å². The first-order valence-electron chi connectivity index (χ1n) is 10.1. The molecule has 0 N–H and O–H groups in total. The maximum atomic E-state index is 14.5. The van der Waals surface area contributed by atoms with Crippen molar-refractivity contribution >= 4 is 22.8 Å². The summed E-state index contributed by atoms with van der Waals surface area (Å²) in [6.45, 7) is 2.46. The lowest BCUT2D eigenvalue weighted by Gasteiger charge is -2.48. The van der Waals surface area contributed by atoms with Crippen LogP contribution >= 0.6 is 0 Å². The zero-order valence-corrected chi connectivity index (χ0v) is 17.3. The first-order valence-corrected chi connectivity index (χ1v) is 10.1. The van der Waals surface area contributed by atoms with Crippen LogP contribution in [0.5, 0.6) is 0 Å². The Bertz CT molecular complexity index is 1200. The lowest BCUT2D eigenvalue weighted by atomic mass is 9.79. The van der Waals surface area contributed by atoms with E-state index in [1.54, 1.807) is 0 Å². The van der Waals surface area contributed by atoms with Crippen LogP contribution in [0.2, 0.25) is 0 Å². The van der Waals surface area contributed by atoms with E-state index in [4.69, 9.17) is 0 Å². The van der Waals surface area contributed by atoms with Gasteiger partial charge in [0.1, 0.15) is 23.7 Å². The van der Waals surface area contributed by atoms with Crippen LogP contribution < -0.4 is 9.80 Å². The number of rotatable bonds is 4. The summed E-state index contributed by atoms with van der Waals surface area (Å²) in [6.07, 6.45) is -3.88. The minimum absolute atomic E-state index is 0.156. The molecule has 2 fully saturated rings. The molecule has 0 aromatic carbocycles. The van der Waals surface area contributed by atoms with Gasteiger partial charge in [-0.1, -0.05) is 0 Å². The van der Waals surface area contributed by atoms with Gasteiger partial charge in [0.25, 0.3) is 6.43 Å². The Morgan fingerprint density at radius 2 is 1.79 bits per heavy atom. The Labute approximate surface area is 183 Å². The second-order valence-corrected chi connectivity index (χ2v) is 8.44. The van der Waals surface area contributed by atoms with Crippen molar-refractivity contribution in [2.45, 2.75) is 32.5 Å². The summed E-state index contributed by atoms with van der Waals surface area (Å²) >= 11 is 0. The van der Waals surface area contributed by atoms with Gasteiger partial charge >= 0.3 is 6.18 Å². The molecular formula is C19H18F6N8. The summed E-state index contributed by atoms with van der Waals surface area (Å²) < 4.78 is 80.5. The molecule has 0 saturated carbocycles. The van der Waals surface area contributed by atoms with Gasteiger partial charge in [0.15, 0.2) is 23.0 Å². The van der Waals surface area contributed by atoms with Gasteiger partial charge in [-0.15, -0.1) is 0 Å². The van der Waals surface area contributed by atoms with E-state index in [1.807, 2.05) is 4.90 Å². The van der Waals surface area contributed by atoms with Crippen molar-refractivity contribution in [3.63, 3.8) is 0 Å². The van der Waals surface area contributed by atoms with E-state index in [9.17, 15) is 26.3 Å². The van der Waals surface area contributed by atoms with Crippen molar-refractivity contribution in [1.82, 2.24) is 29.7 Å². The maximum Gasteiger partial charge on any atom is 0.436 e. The van der Waals surface area contributed by atoms with Crippen molar-refractivity contribution in [2.24, 2.45) is 5.41 Å². The van der Waals surface area contributed by atoms with Gasteiger partial charge in [0.2, 0.25) is 0 Å². The molecule has 0 amide bonds. The third-order valence-electron chi connectivity index (χ3n) is 5.97. The smallest absolute Gasteiger partial charge is 0.355 e. The van der Waals surface area contributed by atoms with E-state index in [2.05, 4.69) is 25.0 Å². The molecule has 0 bridgehead atoms. The topological polar surface area (TPSA) is 75.9 Å². The van der Waals surface area contributed by atoms with Crippen LogP contribution in [-0.2, 0) is 12.7 Å². The number of fused-ring (bicyclic) bond motifs is 1. The number of aryl methyl sites for hydroxylation is 1. The predicted octanol–water partition coefficient (Wildman–Crippen LogP) is 3.06. The Balaban J connectivity index is 1.33. The number of hydrogen-bond donors (Lipinski definition) is 0. The molecule has 2 aliphatic heterocycles. The minimum Gasteiger partial charge on any atom is -0.355 e. The first kappa shape index (κ1) is 21.6. The van der Waals surface area contributed by atoms with Crippen molar-refractivity contribution in [3.8, 4) is 0 Å². The molecular weight excluding hydrogens is 454 g/mol. The minimum atomic E-state index is -4.91. The van der Waals surface area contributed by atoms with Crippen LogP contribution in [-0.4, -0.2) is 62.3 Å². The Morgan fingerprint density at radius 3 is 2.48 bits per heavy atom. The van der Waals surface area contributed by atoms with Gasteiger partial charge in [0.05, 0.1) is 12.4 Å². The molecule has 1 spiro atoms. The zero-order valence-electron chi connectivity index (χ0n) is 17.3. The average molecular weight is 472 g/mol. The molecule has 0 unspecified atom stereocenters. The summed E-state index contributed by atoms with van der Waals surface area (Å²) in [5, 5.41) is 3.90. The lowest BCUT2D eigenvalue weighted by Crippen LogP contribution is -2.58. The van der Waals surface area contributed by atoms with Gasteiger partial charge in [-0.05, 0) is 13.3 Å². The summed E-state index contributed by atoms with van der Waals surface area (Å²) in [7, 11) is 0. The van der Waals surface area contributed by atoms with Gasteiger partial charge in [-0.25, -0.2) is 37.8 Å². The van der Waals surface area contributed by atoms with Crippen LogP contribution in [0.4, 0.5) is 38.0 Å². The number of halogens is 6. The predicted molar refractivity (Wildman–Crippen MR) is 105 cm³/mol. The van der Waals surface area contributed by atoms with Crippen molar-refractivity contribution in [2.75, 3.05) is 36.0 Å². The average Bonchev–Trinajstić information content (AvgIpc) is 3.32. The normalized spacial score (nSPS) is 18.1. The fraction of sp³-hybridized carbons (Fsp3) is 0.526. The van der Waals surface area contributed by atoms with E-state index in [-0.39, 0.29) is 22.7 Å². The number of alkyl halides is 5. The fourth-order valence-corrected chi connectivity index (χ4v) is 4.50. The molecule has 0 radical (unpaired) electrons. The molecule has 176 valence electrons. The quantitative estimate of drug-likeness (QED) is 0.541. The number of anilines is 2. The highest BCUT2D eigenvalue weighted by Crippen LogP contribution is 2.44. The van der Waals surface area contributed by atoms with Crippen LogP contribution in [0, 0.1) is 18.2 Å². The summed E-state index contributed by atoms with van der Waals surface area (Å²) in [5.74, 6) is -1.48. The molecule has 33 heavy (non-hydrogen) atoms. The van der Waals surface area contributed by atoms with Crippen LogP contribution in [0.15, 0.2) is 12.4 Å². The standard InChI is InChI=1S/C19H18F6N8/c1-10-28-15(19(23,24)25)14(22)17(29-10)32-8-18(9-32)2-3-31(7-18)13-5-26-11-4-27-33(6-12(20)21)16(11)30-13/h4-5,12H,2-3,6-9H2,1H3. The molecule has 2 aliphatic rings. The second kappa shape index (κ2) is 7.42. The summed E-state index contributed by atoms with van der Waals surface area (Å²) in [5.41, 5.74) is -1.19. The Hall–Kier alpha value is -3.19. The fourth-order valence-electron chi connectivity index (χ4n) is 4.50. The molecule has 2 saturated heterocycles. The number of nitrogens with zero attached hydrogens (tertiary/aromatic N) is 8. The van der Waals surface area contributed by atoms with Crippen LogP contribution in [0.3, 0.4) is 0 Å². The third kappa shape index (κ3) is 3.80. The molecule has 14 heteroatoms. The van der Waals surface area contributed by atoms with Crippen molar-refractivity contribution < 1.29 is 26.3 Å². The molecule has 5 heterocycles. The highest BCUT2D eigenvalue weighted by Gasteiger charge is 2.50. The molecule has 3 aromatic heterocycles. The molecule has 0 atom stereocenters. The molecule has 5 rings (SSSR count). The summed E-state index contributed by atoms with van der Waals surface area (Å²) in [4.78, 5) is 19.2. The zero-order chi connectivity index (χ0) is 23.5. The van der Waals surface area contributed by atoms with Crippen LogP contribution in [0.1, 0.15) is 17.9 Å². The SMILES string of the molecule is Cc1nc(N2CC3(CCN(c4cnc5cnn(CC(F)F)c5n4)C3)C2)c(F)c(C(F)(F)F)n1. The van der Waals surface area contributed by atoms with Gasteiger partial charge in [-0.2, -0.15) is 18.3 Å². The highest BCUT2D eigenvalue weighted by molar-refractivity contribution is 5.71. The van der Waals surface area contributed by atoms with E-state index < -0.39 is 30.7 Å². The largest absolute Gasteiger partial charge is 0.436 e. The van der Waals surface area contributed by atoms with E-state index in [0.717, 1.165) is 4.68 Å². The van der Waals surface area contributed by atoms with Crippen molar-refractivity contribution in [1.29, 1.82) is 0 Å². The molecule has 3 aromatic rings. The number of hydrogen-bond acceptors (Lipinski definition) is 7. The molecule has 8 nitrogen and oxygen atoms in total. The maximum absolute atomic E-state index is 14.5. The highest BCUT2D eigenvalue weighted by atomic mass is 19.4. The van der Waals surface area contributed by atoms with E-state index >= 15 is 0 Å². The van der Waals surface area contributed by atoms with Gasteiger partial charge < -0.3 is 9.80 Å². The van der Waals surface area contributed by atoms with Crippen molar-refractivity contribution in [3.05, 3.63) is 29.7 Å².